The van der Waals surface area contributed by atoms with Gasteiger partial charge in [-0.25, -0.2) is 9.97 Å². The summed E-state index contributed by atoms with van der Waals surface area (Å²) in [5, 5.41) is 3.40. The zero-order chi connectivity index (χ0) is 15.7. The molecule has 0 aliphatic rings. The van der Waals surface area contributed by atoms with Gasteiger partial charge in [0.2, 0.25) is 5.95 Å². The molecule has 1 aromatic heterocycles. The molecule has 0 aliphatic carbocycles. The van der Waals surface area contributed by atoms with Crippen LogP contribution in [0.15, 0.2) is 12.4 Å². The molecule has 0 fully saturated rings. The number of nitrogens with one attached hydrogen (secondary N) is 1. The van der Waals surface area contributed by atoms with E-state index < -0.39 is 0 Å². The van der Waals surface area contributed by atoms with Crippen LogP contribution in [0.2, 0.25) is 0 Å². The lowest BCUT2D eigenvalue weighted by Gasteiger charge is -2.24. The van der Waals surface area contributed by atoms with Crippen molar-refractivity contribution in [1.82, 2.24) is 15.3 Å². The van der Waals surface area contributed by atoms with Crippen molar-refractivity contribution in [2.24, 2.45) is 11.8 Å². The minimum absolute atomic E-state index is 0.567. The Morgan fingerprint density at radius 1 is 1.14 bits per heavy atom. The molecule has 0 bridgehead atoms. The molecule has 0 saturated heterocycles. The fourth-order valence-electron chi connectivity index (χ4n) is 2.02. The van der Waals surface area contributed by atoms with Crippen LogP contribution in [0.25, 0.3) is 0 Å². The number of hydrogen-bond donors (Lipinski definition) is 1. The molecule has 0 saturated carbocycles. The van der Waals surface area contributed by atoms with Crippen LogP contribution in [-0.4, -0.2) is 43.3 Å². The molecule has 120 valence electrons. The van der Waals surface area contributed by atoms with Crippen LogP contribution < -0.4 is 10.2 Å². The van der Waals surface area contributed by atoms with E-state index in [9.17, 15) is 0 Å². The van der Waals surface area contributed by atoms with Crippen LogP contribution >= 0.6 is 0 Å². The summed E-state index contributed by atoms with van der Waals surface area (Å²) in [4.78, 5) is 11.2. The Morgan fingerprint density at radius 3 is 2.33 bits per heavy atom. The predicted octanol–water partition coefficient (Wildman–Crippen LogP) is 2.33. The molecule has 0 atom stereocenters. The number of methoxy groups -OCH3 is 1. The number of aromatic nitrogens is 2. The Bertz CT molecular complexity index is 378. The van der Waals surface area contributed by atoms with E-state index >= 15 is 0 Å². The van der Waals surface area contributed by atoms with Gasteiger partial charge in [0.1, 0.15) is 0 Å². The number of nitrogens with zero attached hydrogens (tertiary/aromatic N) is 3. The molecular formula is C16H30N4O. The summed E-state index contributed by atoms with van der Waals surface area (Å²) in [5.41, 5.74) is 1.12. The fourth-order valence-corrected chi connectivity index (χ4v) is 2.02. The van der Waals surface area contributed by atoms with Gasteiger partial charge in [0.05, 0.1) is 6.61 Å². The molecule has 0 aromatic carbocycles. The minimum Gasteiger partial charge on any atom is -0.383 e. The molecule has 0 spiro atoms. The molecule has 5 heteroatoms. The smallest absolute Gasteiger partial charge is 0.225 e. The van der Waals surface area contributed by atoms with Gasteiger partial charge in [-0.3, -0.25) is 0 Å². The molecule has 5 nitrogen and oxygen atoms in total. The van der Waals surface area contributed by atoms with E-state index in [-0.39, 0.29) is 0 Å². The molecule has 1 rings (SSSR count). The van der Waals surface area contributed by atoms with E-state index in [1.807, 2.05) is 12.4 Å². The Kier molecular flexibility index (Phi) is 8.23. The molecule has 0 amide bonds. The average Bonchev–Trinajstić information content (AvgIpc) is 2.43. The van der Waals surface area contributed by atoms with Crippen LogP contribution in [0.1, 0.15) is 33.3 Å². The summed E-state index contributed by atoms with van der Waals surface area (Å²) < 4.78 is 5.17. The van der Waals surface area contributed by atoms with Crippen molar-refractivity contribution in [3.63, 3.8) is 0 Å². The highest BCUT2D eigenvalue weighted by Gasteiger charge is 2.11. The third-order valence-electron chi connectivity index (χ3n) is 3.01. The van der Waals surface area contributed by atoms with Gasteiger partial charge in [-0.05, 0) is 18.4 Å². The highest BCUT2D eigenvalue weighted by Crippen LogP contribution is 2.10. The van der Waals surface area contributed by atoms with Gasteiger partial charge in [-0.15, -0.1) is 0 Å². The van der Waals surface area contributed by atoms with E-state index in [0.717, 1.165) is 37.7 Å². The van der Waals surface area contributed by atoms with Gasteiger partial charge >= 0.3 is 0 Å². The van der Waals surface area contributed by atoms with Gasteiger partial charge in [0.25, 0.3) is 0 Å². The van der Waals surface area contributed by atoms with Gasteiger partial charge < -0.3 is 15.0 Å². The lowest BCUT2D eigenvalue weighted by Crippen LogP contribution is -2.32. The third-order valence-corrected chi connectivity index (χ3v) is 3.01. The summed E-state index contributed by atoms with van der Waals surface area (Å²) in [6.07, 6.45) is 3.82. The molecule has 1 N–H and O–H groups in total. The highest BCUT2D eigenvalue weighted by atomic mass is 16.5. The van der Waals surface area contributed by atoms with Crippen molar-refractivity contribution in [3.05, 3.63) is 18.0 Å². The zero-order valence-electron chi connectivity index (χ0n) is 14.1. The van der Waals surface area contributed by atoms with Crippen LogP contribution in [0.5, 0.6) is 0 Å². The first-order valence-corrected chi connectivity index (χ1v) is 7.78. The Labute approximate surface area is 129 Å². The number of anilines is 1. The second kappa shape index (κ2) is 9.68. The summed E-state index contributed by atoms with van der Waals surface area (Å²) in [6, 6.07) is 0. The molecule has 0 aliphatic heterocycles. The van der Waals surface area contributed by atoms with Gasteiger partial charge in [0, 0.05) is 44.7 Å². The Balaban J connectivity index is 2.59. The summed E-state index contributed by atoms with van der Waals surface area (Å²) >= 11 is 0. The maximum atomic E-state index is 5.17. The summed E-state index contributed by atoms with van der Waals surface area (Å²) in [7, 11) is 1.72. The monoisotopic (exact) mass is 294 g/mol. The highest BCUT2D eigenvalue weighted by molar-refractivity contribution is 5.29. The fraction of sp³-hybridized carbons (Fsp3) is 0.750. The van der Waals surface area contributed by atoms with E-state index in [0.29, 0.717) is 18.4 Å². The SMILES string of the molecule is COCCN(CC(C)C)c1ncc(CNCC(C)C)cn1. The van der Waals surface area contributed by atoms with Gasteiger partial charge in [0.15, 0.2) is 0 Å². The zero-order valence-corrected chi connectivity index (χ0v) is 14.1. The standard InChI is InChI=1S/C16H30N4O/c1-13(2)8-17-9-15-10-18-16(19-11-15)20(6-7-21-5)12-14(3)4/h10-11,13-14,17H,6-9,12H2,1-5H3. The van der Waals surface area contributed by atoms with Crippen LogP contribution in [-0.2, 0) is 11.3 Å². The Hall–Kier alpha value is -1.20. The predicted molar refractivity (Wildman–Crippen MR) is 87.5 cm³/mol. The molecular weight excluding hydrogens is 264 g/mol. The quantitative estimate of drug-likeness (QED) is 0.718. The van der Waals surface area contributed by atoms with Crippen molar-refractivity contribution in [2.45, 2.75) is 34.2 Å². The first kappa shape index (κ1) is 17.9. The van der Waals surface area contributed by atoms with Crippen LogP contribution in [0.4, 0.5) is 5.95 Å². The maximum Gasteiger partial charge on any atom is 0.225 e. The van der Waals surface area contributed by atoms with Crippen molar-refractivity contribution in [2.75, 3.05) is 38.3 Å². The molecule has 21 heavy (non-hydrogen) atoms. The first-order valence-electron chi connectivity index (χ1n) is 7.78. The number of ether oxygens (including phenoxy) is 1. The van der Waals surface area contributed by atoms with Crippen molar-refractivity contribution < 1.29 is 4.74 Å². The largest absolute Gasteiger partial charge is 0.383 e. The van der Waals surface area contributed by atoms with Crippen molar-refractivity contribution >= 4 is 5.95 Å². The van der Waals surface area contributed by atoms with Crippen molar-refractivity contribution in [1.29, 1.82) is 0 Å². The van der Waals surface area contributed by atoms with Gasteiger partial charge in [-0.1, -0.05) is 27.7 Å². The molecule has 0 radical (unpaired) electrons. The number of hydrogen-bond acceptors (Lipinski definition) is 5. The summed E-state index contributed by atoms with van der Waals surface area (Å²) in [6.45, 7) is 13.1. The topological polar surface area (TPSA) is 50.3 Å². The van der Waals surface area contributed by atoms with Gasteiger partial charge in [-0.2, -0.15) is 0 Å². The van der Waals surface area contributed by atoms with E-state index in [1.165, 1.54) is 0 Å². The maximum absolute atomic E-state index is 5.17. The van der Waals surface area contributed by atoms with E-state index in [4.69, 9.17) is 4.74 Å². The normalized spacial score (nSPS) is 11.4. The van der Waals surface area contributed by atoms with E-state index in [1.54, 1.807) is 7.11 Å². The summed E-state index contributed by atoms with van der Waals surface area (Å²) in [5.74, 6) is 2.01. The molecule has 1 heterocycles. The number of rotatable bonds is 10. The minimum atomic E-state index is 0.567. The van der Waals surface area contributed by atoms with Crippen molar-refractivity contribution in [3.8, 4) is 0 Å². The third kappa shape index (κ3) is 7.39. The second-order valence-electron chi connectivity index (χ2n) is 6.25. The van der Waals surface area contributed by atoms with E-state index in [2.05, 4.69) is 47.9 Å². The second-order valence-corrected chi connectivity index (χ2v) is 6.25. The first-order chi connectivity index (χ1) is 10.0. The van der Waals surface area contributed by atoms with Crippen LogP contribution in [0.3, 0.4) is 0 Å². The lowest BCUT2D eigenvalue weighted by molar-refractivity contribution is 0.204. The average molecular weight is 294 g/mol. The molecule has 1 aromatic rings. The van der Waals surface area contributed by atoms with Crippen LogP contribution in [0, 0.1) is 11.8 Å². The molecule has 0 unspecified atom stereocenters. The Morgan fingerprint density at radius 2 is 1.81 bits per heavy atom. The lowest BCUT2D eigenvalue weighted by atomic mass is 10.2.